The number of aromatic nitrogens is 3. The molecule has 0 aliphatic rings. The van der Waals surface area contributed by atoms with Crippen molar-refractivity contribution in [3.63, 3.8) is 0 Å². The number of carbonyl (C=O) groups is 1. The lowest BCUT2D eigenvalue weighted by atomic mass is 10.5. The summed E-state index contributed by atoms with van der Waals surface area (Å²) in [6.07, 6.45) is 1.80. The summed E-state index contributed by atoms with van der Waals surface area (Å²) in [6, 6.07) is 1.98. The molecule has 0 spiro atoms. The number of nitrogens with zero attached hydrogens (tertiary/aromatic N) is 4. The lowest BCUT2D eigenvalue weighted by molar-refractivity contribution is -0.114. The average Bonchev–Trinajstić information content (AvgIpc) is 2.48. The average molecular weight is 179 g/mol. The minimum Gasteiger partial charge on any atom is -0.308 e. The third kappa shape index (κ3) is 2.91. The fourth-order valence-electron chi connectivity index (χ4n) is 0.793. The molecule has 6 nitrogen and oxygen atoms in total. The molecule has 1 amide bonds. The molecule has 0 bridgehead atoms. The van der Waals surface area contributed by atoms with Gasteiger partial charge < -0.3 is 5.32 Å². The number of rotatable bonds is 3. The highest BCUT2D eigenvalue weighted by Gasteiger charge is 2.00. The Kier molecular flexibility index (Phi) is 2.97. The summed E-state index contributed by atoms with van der Waals surface area (Å²) in [5.74, 6) is 0.220. The molecule has 1 heterocycles. The lowest BCUT2D eigenvalue weighted by Gasteiger charge is -1.94. The summed E-state index contributed by atoms with van der Waals surface area (Å²) in [5.41, 5.74) is 0. The molecule has 1 N–H and O–H groups in total. The van der Waals surface area contributed by atoms with Gasteiger partial charge in [0, 0.05) is 6.92 Å². The van der Waals surface area contributed by atoms with Crippen LogP contribution < -0.4 is 5.32 Å². The highest BCUT2D eigenvalue weighted by molar-refractivity contribution is 5.87. The van der Waals surface area contributed by atoms with Crippen LogP contribution in [-0.2, 0) is 11.3 Å². The van der Waals surface area contributed by atoms with Gasteiger partial charge in [-0.2, -0.15) is 15.2 Å². The second-order valence-corrected chi connectivity index (χ2v) is 2.42. The zero-order valence-corrected chi connectivity index (χ0v) is 7.19. The van der Waals surface area contributed by atoms with Crippen LogP contribution in [0.25, 0.3) is 0 Å². The van der Waals surface area contributed by atoms with Gasteiger partial charge in [-0.25, -0.2) is 0 Å². The molecule has 6 heteroatoms. The number of anilines is 1. The largest absolute Gasteiger partial charge is 0.308 e. The smallest absolute Gasteiger partial charge is 0.222 e. The Bertz CT molecular complexity index is 337. The van der Waals surface area contributed by atoms with E-state index in [1.165, 1.54) is 17.9 Å². The minimum absolute atomic E-state index is 0.188. The van der Waals surface area contributed by atoms with E-state index in [-0.39, 0.29) is 5.91 Å². The maximum Gasteiger partial charge on any atom is 0.222 e. The number of nitriles is 1. The Labute approximate surface area is 75.2 Å². The van der Waals surface area contributed by atoms with Crippen molar-refractivity contribution in [1.29, 1.82) is 5.26 Å². The van der Waals surface area contributed by atoms with E-state index in [2.05, 4.69) is 15.5 Å². The summed E-state index contributed by atoms with van der Waals surface area (Å²) in [4.78, 5) is 12.0. The standard InChI is InChI=1S/C7H9N5O/c1-6(13)10-7-5-9-12(11-7)4-2-3-8/h5H,2,4H2,1H3,(H,10,11,13). The Morgan fingerprint density at radius 3 is 3.23 bits per heavy atom. The SMILES string of the molecule is CC(=O)Nc1cnn(CCC#N)n1. The van der Waals surface area contributed by atoms with E-state index in [0.717, 1.165) is 0 Å². The van der Waals surface area contributed by atoms with Gasteiger partial charge in [0.1, 0.15) is 0 Å². The molecule has 0 aromatic carbocycles. The van der Waals surface area contributed by atoms with Crippen molar-refractivity contribution in [1.82, 2.24) is 15.0 Å². The van der Waals surface area contributed by atoms with Gasteiger partial charge in [-0.15, -0.1) is 5.10 Å². The fourth-order valence-corrected chi connectivity index (χ4v) is 0.793. The number of aryl methyl sites for hydroxylation is 1. The maximum atomic E-state index is 10.6. The Hall–Kier alpha value is -1.90. The summed E-state index contributed by atoms with van der Waals surface area (Å²) in [5, 5.41) is 18.5. The molecule has 0 saturated heterocycles. The van der Waals surface area contributed by atoms with Crippen molar-refractivity contribution in [2.24, 2.45) is 0 Å². The zero-order chi connectivity index (χ0) is 9.68. The van der Waals surface area contributed by atoms with Crippen LogP contribution in [0.3, 0.4) is 0 Å². The topological polar surface area (TPSA) is 83.6 Å². The molecular formula is C7H9N5O. The monoisotopic (exact) mass is 179 g/mol. The van der Waals surface area contributed by atoms with E-state index in [0.29, 0.717) is 18.8 Å². The quantitative estimate of drug-likeness (QED) is 0.715. The van der Waals surface area contributed by atoms with Crippen molar-refractivity contribution in [3.8, 4) is 6.07 Å². The molecule has 1 rings (SSSR count). The number of amides is 1. The second-order valence-electron chi connectivity index (χ2n) is 2.42. The van der Waals surface area contributed by atoms with E-state index in [1.54, 1.807) is 0 Å². The van der Waals surface area contributed by atoms with Crippen molar-refractivity contribution in [3.05, 3.63) is 6.20 Å². The van der Waals surface area contributed by atoms with Crippen LogP contribution in [0.2, 0.25) is 0 Å². The predicted octanol–water partition coefficient (Wildman–Crippen LogP) is 0.150. The summed E-state index contributed by atoms with van der Waals surface area (Å²) >= 11 is 0. The first kappa shape index (κ1) is 9.19. The lowest BCUT2D eigenvalue weighted by Crippen LogP contribution is -2.07. The molecular weight excluding hydrogens is 170 g/mol. The van der Waals surface area contributed by atoms with Crippen LogP contribution in [0.15, 0.2) is 6.20 Å². The van der Waals surface area contributed by atoms with Gasteiger partial charge >= 0.3 is 0 Å². The molecule has 1 aromatic rings. The normalized spacial score (nSPS) is 9.23. The molecule has 0 aliphatic heterocycles. The molecule has 0 unspecified atom stereocenters. The van der Waals surface area contributed by atoms with Crippen LogP contribution in [0.1, 0.15) is 13.3 Å². The van der Waals surface area contributed by atoms with Gasteiger partial charge in [0.25, 0.3) is 0 Å². The van der Waals surface area contributed by atoms with Crippen molar-refractivity contribution >= 4 is 11.7 Å². The third-order valence-electron chi connectivity index (χ3n) is 1.26. The summed E-state index contributed by atoms with van der Waals surface area (Å²) < 4.78 is 0. The number of hydrogen-bond acceptors (Lipinski definition) is 4. The van der Waals surface area contributed by atoms with Gasteiger partial charge in [0.05, 0.1) is 25.2 Å². The molecule has 1 aromatic heterocycles. The van der Waals surface area contributed by atoms with Gasteiger partial charge in [0.15, 0.2) is 5.82 Å². The van der Waals surface area contributed by atoms with Crippen molar-refractivity contribution in [2.45, 2.75) is 19.9 Å². The maximum absolute atomic E-state index is 10.6. The molecule has 0 atom stereocenters. The third-order valence-corrected chi connectivity index (χ3v) is 1.26. The highest BCUT2D eigenvalue weighted by atomic mass is 16.1. The summed E-state index contributed by atoms with van der Waals surface area (Å²) in [7, 11) is 0. The van der Waals surface area contributed by atoms with Gasteiger partial charge in [-0.1, -0.05) is 0 Å². The first-order valence-electron chi connectivity index (χ1n) is 3.77. The molecule has 13 heavy (non-hydrogen) atoms. The molecule has 68 valence electrons. The van der Waals surface area contributed by atoms with Crippen molar-refractivity contribution < 1.29 is 4.79 Å². The van der Waals surface area contributed by atoms with E-state index in [9.17, 15) is 4.79 Å². The Morgan fingerprint density at radius 1 is 1.85 bits per heavy atom. The Balaban J connectivity index is 2.54. The van der Waals surface area contributed by atoms with E-state index in [1.807, 2.05) is 6.07 Å². The summed E-state index contributed by atoms with van der Waals surface area (Å²) in [6.45, 7) is 1.84. The first-order chi connectivity index (χ1) is 6.22. The van der Waals surface area contributed by atoms with Crippen molar-refractivity contribution in [2.75, 3.05) is 5.32 Å². The highest BCUT2D eigenvalue weighted by Crippen LogP contribution is 1.98. The number of carbonyl (C=O) groups excluding carboxylic acids is 1. The molecule has 0 fully saturated rings. The van der Waals surface area contributed by atoms with Crippen LogP contribution >= 0.6 is 0 Å². The van der Waals surface area contributed by atoms with Gasteiger partial charge in [0.2, 0.25) is 5.91 Å². The predicted molar refractivity (Wildman–Crippen MR) is 44.6 cm³/mol. The molecule has 0 saturated carbocycles. The van der Waals surface area contributed by atoms with Gasteiger partial charge in [-0.05, 0) is 0 Å². The van der Waals surface area contributed by atoms with E-state index >= 15 is 0 Å². The number of nitrogens with one attached hydrogen (secondary N) is 1. The van der Waals surface area contributed by atoms with Crippen LogP contribution in [0.4, 0.5) is 5.82 Å². The zero-order valence-electron chi connectivity index (χ0n) is 7.19. The Morgan fingerprint density at radius 2 is 2.62 bits per heavy atom. The first-order valence-corrected chi connectivity index (χ1v) is 3.77. The second kappa shape index (κ2) is 4.21. The van der Waals surface area contributed by atoms with E-state index in [4.69, 9.17) is 5.26 Å². The van der Waals surface area contributed by atoms with Crippen LogP contribution in [0.5, 0.6) is 0 Å². The van der Waals surface area contributed by atoms with Crippen LogP contribution in [0, 0.1) is 11.3 Å². The fraction of sp³-hybridized carbons (Fsp3) is 0.429. The molecule has 0 aliphatic carbocycles. The van der Waals surface area contributed by atoms with Gasteiger partial charge in [-0.3, -0.25) is 4.79 Å². The van der Waals surface area contributed by atoms with E-state index < -0.39 is 0 Å². The number of hydrogen-bond donors (Lipinski definition) is 1. The van der Waals surface area contributed by atoms with Crippen LogP contribution in [-0.4, -0.2) is 20.9 Å². The molecule has 0 radical (unpaired) electrons. The minimum atomic E-state index is -0.188.